The number of nitro groups is 1. The highest BCUT2D eigenvalue weighted by Gasteiger charge is 2.04. The van der Waals surface area contributed by atoms with Crippen LogP contribution in [0.25, 0.3) is 0 Å². The molecule has 2 aromatic rings. The number of thioether (sulfide) groups is 1. The average molecular weight is 301 g/mol. The van der Waals surface area contributed by atoms with Crippen molar-refractivity contribution in [3.8, 4) is 0 Å². The molecule has 0 aliphatic rings. The summed E-state index contributed by atoms with van der Waals surface area (Å²) in [5.41, 5.74) is 1.91. The van der Waals surface area contributed by atoms with Crippen LogP contribution in [0.3, 0.4) is 0 Å². The molecule has 0 fully saturated rings. The van der Waals surface area contributed by atoms with Gasteiger partial charge in [0.2, 0.25) is 0 Å². The van der Waals surface area contributed by atoms with E-state index in [0.717, 1.165) is 28.2 Å². The Labute approximate surface area is 127 Å². The molecule has 2 rings (SSSR count). The van der Waals surface area contributed by atoms with Crippen LogP contribution in [-0.2, 0) is 6.42 Å². The Morgan fingerprint density at radius 2 is 1.71 bits per heavy atom. The summed E-state index contributed by atoms with van der Waals surface area (Å²) in [6.07, 6.45) is 0.844. The van der Waals surface area contributed by atoms with Crippen molar-refractivity contribution >= 4 is 23.2 Å². The molecule has 0 saturated carbocycles. The second-order valence-electron chi connectivity index (χ2n) is 4.60. The van der Waals surface area contributed by atoms with E-state index in [0.29, 0.717) is 0 Å². The Morgan fingerprint density at radius 1 is 1.10 bits per heavy atom. The molecule has 0 aliphatic carbocycles. The van der Waals surface area contributed by atoms with Crippen molar-refractivity contribution in [1.29, 1.82) is 0 Å². The first-order valence-corrected chi connectivity index (χ1v) is 7.52. The first kappa shape index (κ1) is 15.3. The standard InChI is InChI=1S/C16H15NO3S/c1-12(18)14-4-8-16(9-5-14)21-11-10-13-2-6-15(7-3-13)17(19)20/h2-9H,10-11H2,1H3. The smallest absolute Gasteiger partial charge is 0.269 e. The molecule has 2 aromatic carbocycles. The van der Waals surface area contributed by atoms with E-state index in [1.807, 2.05) is 24.3 Å². The van der Waals surface area contributed by atoms with Gasteiger partial charge in [0.05, 0.1) is 4.92 Å². The largest absolute Gasteiger partial charge is 0.295 e. The van der Waals surface area contributed by atoms with Gasteiger partial charge < -0.3 is 0 Å². The van der Waals surface area contributed by atoms with Crippen LogP contribution in [0.2, 0.25) is 0 Å². The zero-order valence-corrected chi connectivity index (χ0v) is 12.4. The van der Waals surface area contributed by atoms with Crippen LogP contribution in [0.4, 0.5) is 5.69 Å². The fourth-order valence-electron chi connectivity index (χ4n) is 1.86. The molecule has 0 aliphatic heterocycles. The molecule has 0 bridgehead atoms. The average Bonchev–Trinajstić information content (AvgIpc) is 2.48. The molecule has 0 radical (unpaired) electrons. The van der Waals surface area contributed by atoms with Crippen LogP contribution in [-0.4, -0.2) is 16.5 Å². The van der Waals surface area contributed by atoms with Crippen LogP contribution < -0.4 is 0 Å². The number of hydrogen-bond acceptors (Lipinski definition) is 4. The van der Waals surface area contributed by atoms with Gasteiger partial charge in [-0.05, 0) is 31.0 Å². The van der Waals surface area contributed by atoms with Crippen LogP contribution in [0.1, 0.15) is 22.8 Å². The summed E-state index contributed by atoms with van der Waals surface area (Å²) in [6, 6.07) is 14.2. The summed E-state index contributed by atoms with van der Waals surface area (Å²) in [5, 5.41) is 10.6. The molecule has 4 nitrogen and oxygen atoms in total. The van der Waals surface area contributed by atoms with Gasteiger partial charge in [0.25, 0.3) is 5.69 Å². The summed E-state index contributed by atoms with van der Waals surface area (Å²) in [5.74, 6) is 0.953. The monoisotopic (exact) mass is 301 g/mol. The third-order valence-corrected chi connectivity index (χ3v) is 4.08. The molecule has 0 atom stereocenters. The van der Waals surface area contributed by atoms with Gasteiger partial charge in [-0.15, -0.1) is 11.8 Å². The van der Waals surface area contributed by atoms with Crippen LogP contribution >= 0.6 is 11.8 Å². The van der Waals surface area contributed by atoms with E-state index in [9.17, 15) is 14.9 Å². The third-order valence-electron chi connectivity index (χ3n) is 3.07. The van der Waals surface area contributed by atoms with Gasteiger partial charge in [-0.25, -0.2) is 0 Å². The van der Waals surface area contributed by atoms with Crippen molar-refractivity contribution in [3.05, 3.63) is 69.8 Å². The number of ketones is 1. The van der Waals surface area contributed by atoms with Gasteiger partial charge >= 0.3 is 0 Å². The van der Waals surface area contributed by atoms with Crippen molar-refractivity contribution < 1.29 is 9.72 Å². The molecule has 5 heteroatoms. The van der Waals surface area contributed by atoms with Gasteiger partial charge in [-0.3, -0.25) is 14.9 Å². The van der Waals surface area contributed by atoms with E-state index in [1.54, 1.807) is 30.8 Å². The minimum Gasteiger partial charge on any atom is -0.295 e. The second-order valence-corrected chi connectivity index (χ2v) is 5.77. The van der Waals surface area contributed by atoms with E-state index in [4.69, 9.17) is 0 Å². The summed E-state index contributed by atoms with van der Waals surface area (Å²) in [6.45, 7) is 1.55. The minimum absolute atomic E-state index is 0.0671. The second kappa shape index (κ2) is 7.04. The van der Waals surface area contributed by atoms with E-state index in [1.165, 1.54) is 12.1 Å². The van der Waals surface area contributed by atoms with Crippen LogP contribution in [0.15, 0.2) is 53.4 Å². The number of hydrogen-bond donors (Lipinski definition) is 0. The summed E-state index contributed by atoms with van der Waals surface area (Å²) >= 11 is 1.70. The number of benzene rings is 2. The lowest BCUT2D eigenvalue weighted by Crippen LogP contribution is -1.92. The lowest BCUT2D eigenvalue weighted by atomic mass is 10.1. The Morgan fingerprint density at radius 3 is 2.24 bits per heavy atom. The number of nitrogens with zero attached hydrogens (tertiary/aromatic N) is 1. The number of aryl methyl sites for hydroxylation is 1. The lowest BCUT2D eigenvalue weighted by Gasteiger charge is -2.03. The zero-order chi connectivity index (χ0) is 15.2. The van der Waals surface area contributed by atoms with Gasteiger partial charge in [-0.2, -0.15) is 0 Å². The molecule has 0 N–H and O–H groups in total. The van der Waals surface area contributed by atoms with Crippen molar-refractivity contribution in [1.82, 2.24) is 0 Å². The lowest BCUT2D eigenvalue weighted by molar-refractivity contribution is -0.384. The zero-order valence-electron chi connectivity index (χ0n) is 11.6. The fourth-order valence-corrected chi connectivity index (χ4v) is 2.76. The van der Waals surface area contributed by atoms with Crippen molar-refractivity contribution in [2.75, 3.05) is 5.75 Å². The molecule has 21 heavy (non-hydrogen) atoms. The first-order valence-electron chi connectivity index (χ1n) is 6.53. The number of non-ortho nitro benzene ring substituents is 1. The normalized spacial score (nSPS) is 10.3. The number of Topliss-reactive ketones (excluding diaryl/α,β-unsaturated/α-hetero) is 1. The molecule has 0 spiro atoms. The van der Waals surface area contributed by atoms with E-state index < -0.39 is 4.92 Å². The summed E-state index contributed by atoms with van der Waals surface area (Å²) in [4.78, 5) is 22.5. The maximum Gasteiger partial charge on any atom is 0.269 e. The minimum atomic E-state index is -0.394. The highest BCUT2D eigenvalue weighted by Crippen LogP contribution is 2.20. The molecular formula is C16H15NO3S. The number of carbonyl (C=O) groups excluding carboxylic acids is 1. The predicted octanol–water partition coefficient (Wildman–Crippen LogP) is 4.13. The van der Waals surface area contributed by atoms with E-state index in [-0.39, 0.29) is 11.5 Å². The highest BCUT2D eigenvalue weighted by atomic mass is 32.2. The Balaban J connectivity index is 1.86. The molecule has 0 aromatic heterocycles. The number of rotatable bonds is 6. The van der Waals surface area contributed by atoms with Crippen molar-refractivity contribution in [3.63, 3.8) is 0 Å². The molecule has 0 amide bonds. The topological polar surface area (TPSA) is 60.2 Å². The van der Waals surface area contributed by atoms with Crippen molar-refractivity contribution in [2.24, 2.45) is 0 Å². The van der Waals surface area contributed by atoms with E-state index >= 15 is 0 Å². The van der Waals surface area contributed by atoms with Gasteiger partial charge in [0.1, 0.15) is 0 Å². The maximum atomic E-state index is 11.2. The Hall–Kier alpha value is -2.14. The summed E-state index contributed by atoms with van der Waals surface area (Å²) < 4.78 is 0. The summed E-state index contributed by atoms with van der Waals surface area (Å²) in [7, 11) is 0. The Kier molecular flexibility index (Phi) is 5.11. The number of nitro benzene ring substituents is 1. The van der Waals surface area contributed by atoms with Crippen molar-refractivity contribution in [2.45, 2.75) is 18.2 Å². The van der Waals surface area contributed by atoms with Gasteiger partial charge in [0.15, 0.2) is 5.78 Å². The van der Waals surface area contributed by atoms with Crippen LogP contribution in [0.5, 0.6) is 0 Å². The molecule has 108 valence electrons. The van der Waals surface area contributed by atoms with E-state index in [2.05, 4.69) is 0 Å². The molecule has 0 saturated heterocycles. The SMILES string of the molecule is CC(=O)c1ccc(SCCc2ccc([N+](=O)[O-])cc2)cc1. The Bertz CT molecular complexity index is 578. The molecule has 0 heterocycles. The van der Waals surface area contributed by atoms with Crippen LogP contribution in [0, 0.1) is 10.1 Å². The first-order chi connectivity index (χ1) is 10.1. The van der Waals surface area contributed by atoms with Gasteiger partial charge in [-0.1, -0.05) is 24.3 Å². The quantitative estimate of drug-likeness (QED) is 0.348. The third kappa shape index (κ3) is 4.43. The highest BCUT2D eigenvalue weighted by molar-refractivity contribution is 7.99. The predicted molar refractivity (Wildman–Crippen MR) is 84.0 cm³/mol. The number of carbonyl (C=O) groups is 1. The maximum absolute atomic E-state index is 11.2. The van der Waals surface area contributed by atoms with Gasteiger partial charge in [0, 0.05) is 28.3 Å². The molecule has 0 unspecified atom stereocenters. The molecular weight excluding hydrogens is 286 g/mol. The fraction of sp³-hybridized carbons (Fsp3) is 0.188.